The zero-order valence-electron chi connectivity index (χ0n) is 21.6. The third kappa shape index (κ3) is 6.11. The minimum atomic E-state index is 0.491. The van der Waals surface area contributed by atoms with E-state index < -0.39 is 0 Å². The molecule has 9 heteroatoms. The Kier molecular flexibility index (Phi) is 8.01. The highest BCUT2D eigenvalue weighted by atomic mass is 32.2. The summed E-state index contributed by atoms with van der Waals surface area (Å²) in [6, 6.07) is 16.5. The highest BCUT2D eigenvalue weighted by molar-refractivity contribution is 7.99. The number of nitrogens with one attached hydrogen (secondary N) is 1. The average Bonchev–Trinajstić information content (AvgIpc) is 3.35. The maximum Gasteiger partial charge on any atom is 0.220 e. The first-order chi connectivity index (χ1) is 18.1. The first-order valence-electron chi connectivity index (χ1n) is 12.5. The summed E-state index contributed by atoms with van der Waals surface area (Å²) < 4.78 is 15.9. The summed E-state index contributed by atoms with van der Waals surface area (Å²) >= 11 is 1.49. The van der Waals surface area contributed by atoms with Crippen LogP contribution in [0.5, 0.6) is 17.5 Å². The number of piperazine rings is 1. The molecule has 1 aliphatic rings. The minimum absolute atomic E-state index is 0.491. The fraction of sp³-hybridized carbons (Fsp3) is 0.357. The van der Waals surface area contributed by atoms with Gasteiger partial charge in [0.1, 0.15) is 5.75 Å². The van der Waals surface area contributed by atoms with Crippen LogP contribution in [0.3, 0.4) is 0 Å². The third-order valence-corrected chi connectivity index (χ3v) is 7.63. The third-order valence-electron chi connectivity index (χ3n) is 6.76. The molecule has 0 spiro atoms. The van der Waals surface area contributed by atoms with Gasteiger partial charge < -0.3 is 24.1 Å². The summed E-state index contributed by atoms with van der Waals surface area (Å²) in [7, 11) is 4.90. The van der Waals surface area contributed by atoms with Crippen LogP contribution in [-0.2, 0) is 6.42 Å². The van der Waals surface area contributed by atoms with E-state index in [0.29, 0.717) is 16.9 Å². The lowest BCUT2D eigenvalue weighted by atomic mass is 10.1. The predicted octanol–water partition coefficient (Wildman–Crippen LogP) is 4.89. The lowest BCUT2D eigenvalue weighted by Crippen LogP contribution is -2.46. The van der Waals surface area contributed by atoms with Crippen LogP contribution >= 0.6 is 11.8 Å². The zero-order chi connectivity index (χ0) is 25.6. The number of H-pyrrole nitrogens is 1. The van der Waals surface area contributed by atoms with Gasteiger partial charge >= 0.3 is 0 Å². The van der Waals surface area contributed by atoms with Gasteiger partial charge in [0.05, 0.1) is 27.4 Å². The van der Waals surface area contributed by atoms with Gasteiger partial charge in [-0.05, 0) is 79.2 Å². The van der Waals surface area contributed by atoms with Crippen molar-refractivity contribution in [2.24, 2.45) is 0 Å². The molecular formula is C28H33N5O3S. The van der Waals surface area contributed by atoms with Gasteiger partial charge in [-0.3, -0.25) is 4.90 Å². The van der Waals surface area contributed by atoms with E-state index in [9.17, 15) is 0 Å². The van der Waals surface area contributed by atoms with Crippen molar-refractivity contribution in [3.05, 3.63) is 60.3 Å². The summed E-state index contributed by atoms with van der Waals surface area (Å²) in [5.74, 6) is 1.89. The monoisotopic (exact) mass is 519 g/mol. The molecule has 5 rings (SSSR count). The van der Waals surface area contributed by atoms with Crippen LogP contribution in [0.25, 0.3) is 10.9 Å². The molecule has 0 atom stereocenters. The molecule has 1 saturated heterocycles. The van der Waals surface area contributed by atoms with Gasteiger partial charge in [0.25, 0.3) is 0 Å². The summed E-state index contributed by atoms with van der Waals surface area (Å²) in [6.45, 7) is 5.34. The maximum absolute atomic E-state index is 5.40. The van der Waals surface area contributed by atoms with Crippen LogP contribution in [0, 0.1) is 0 Å². The Hall–Kier alpha value is -3.43. The second-order valence-electron chi connectivity index (χ2n) is 8.99. The molecule has 3 heterocycles. The second-order valence-corrected chi connectivity index (χ2v) is 10.0. The van der Waals surface area contributed by atoms with Gasteiger partial charge in [-0.1, -0.05) is 0 Å². The molecule has 1 N–H and O–H groups in total. The van der Waals surface area contributed by atoms with E-state index in [0.717, 1.165) is 56.2 Å². The maximum atomic E-state index is 5.40. The number of rotatable bonds is 10. The molecule has 0 aliphatic carbocycles. The van der Waals surface area contributed by atoms with Crippen molar-refractivity contribution in [2.75, 3.05) is 59.0 Å². The molecule has 0 amide bonds. The minimum Gasteiger partial charge on any atom is -0.497 e. The van der Waals surface area contributed by atoms with Gasteiger partial charge in [-0.15, -0.1) is 0 Å². The molecule has 2 aromatic heterocycles. The molecule has 37 heavy (non-hydrogen) atoms. The normalized spacial score (nSPS) is 14.2. The van der Waals surface area contributed by atoms with E-state index in [1.807, 2.05) is 6.07 Å². The predicted molar refractivity (Wildman–Crippen MR) is 148 cm³/mol. The number of methoxy groups -OCH3 is 3. The topological polar surface area (TPSA) is 75.7 Å². The van der Waals surface area contributed by atoms with Crippen molar-refractivity contribution in [2.45, 2.75) is 22.9 Å². The quantitative estimate of drug-likeness (QED) is 0.297. The number of aromatic nitrogens is 3. The molecular weight excluding hydrogens is 486 g/mol. The fourth-order valence-corrected chi connectivity index (χ4v) is 5.44. The highest BCUT2D eigenvalue weighted by Gasteiger charge is 2.17. The molecule has 194 valence electrons. The van der Waals surface area contributed by atoms with Crippen molar-refractivity contribution in [1.82, 2.24) is 19.9 Å². The molecule has 2 aromatic carbocycles. The molecule has 8 nitrogen and oxygen atoms in total. The van der Waals surface area contributed by atoms with Crippen LogP contribution in [0.4, 0.5) is 5.69 Å². The largest absolute Gasteiger partial charge is 0.497 e. The first kappa shape index (κ1) is 25.2. The lowest BCUT2D eigenvalue weighted by Gasteiger charge is -2.36. The molecule has 0 bridgehead atoms. The number of nitrogens with zero attached hydrogens (tertiary/aromatic N) is 4. The molecule has 0 saturated carbocycles. The average molecular weight is 520 g/mol. The first-order valence-corrected chi connectivity index (χ1v) is 13.3. The lowest BCUT2D eigenvalue weighted by molar-refractivity contribution is 0.255. The fourth-order valence-electron chi connectivity index (χ4n) is 4.68. The van der Waals surface area contributed by atoms with Crippen molar-refractivity contribution in [1.29, 1.82) is 0 Å². The van der Waals surface area contributed by atoms with E-state index in [1.165, 1.54) is 33.9 Å². The van der Waals surface area contributed by atoms with Crippen molar-refractivity contribution < 1.29 is 14.2 Å². The Labute approximate surface area is 222 Å². The summed E-state index contributed by atoms with van der Waals surface area (Å²) in [6.07, 6.45) is 4.35. The zero-order valence-corrected chi connectivity index (χ0v) is 22.4. The summed E-state index contributed by atoms with van der Waals surface area (Å²) in [5, 5.41) is 1.87. The standard InChI is InChI=1S/C28H33N5O3S/c1-34-22-8-11-25-24(17-22)20(19-29-25)5-4-12-32-13-15-33(16-14-32)21-6-9-23(10-7-21)37-28-30-26(35-2)18-27(31-28)36-3/h6-11,17-19,29H,4-5,12-16H2,1-3H3. The van der Waals surface area contributed by atoms with E-state index in [1.54, 1.807) is 27.4 Å². The summed E-state index contributed by atoms with van der Waals surface area (Å²) in [5.41, 5.74) is 3.79. The van der Waals surface area contributed by atoms with E-state index in [2.05, 4.69) is 67.3 Å². The van der Waals surface area contributed by atoms with Crippen LogP contribution in [-0.4, -0.2) is 73.9 Å². The number of hydrogen-bond donors (Lipinski definition) is 1. The molecule has 0 radical (unpaired) electrons. The molecule has 4 aromatic rings. The SMILES string of the molecule is COc1ccc2[nH]cc(CCCN3CCN(c4ccc(Sc5nc(OC)cc(OC)n5)cc4)CC3)c2c1. The van der Waals surface area contributed by atoms with Crippen molar-refractivity contribution in [3.63, 3.8) is 0 Å². The van der Waals surface area contributed by atoms with Gasteiger partial charge in [0, 0.05) is 53.9 Å². The van der Waals surface area contributed by atoms with Crippen molar-refractivity contribution >= 4 is 28.4 Å². The van der Waals surface area contributed by atoms with E-state index in [4.69, 9.17) is 14.2 Å². The number of fused-ring (bicyclic) bond motifs is 1. The molecule has 0 unspecified atom stereocenters. The van der Waals surface area contributed by atoms with Gasteiger partial charge in [-0.2, -0.15) is 9.97 Å². The second kappa shape index (κ2) is 11.7. The van der Waals surface area contributed by atoms with Crippen molar-refractivity contribution in [3.8, 4) is 17.5 Å². The Balaban J connectivity index is 1.10. The molecule has 1 fully saturated rings. The van der Waals surface area contributed by atoms with E-state index >= 15 is 0 Å². The Morgan fingerprint density at radius 3 is 2.27 bits per heavy atom. The summed E-state index contributed by atoms with van der Waals surface area (Å²) in [4.78, 5) is 18.3. The van der Waals surface area contributed by atoms with Gasteiger partial charge in [0.2, 0.25) is 11.8 Å². The Morgan fingerprint density at radius 1 is 0.865 bits per heavy atom. The number of aromatic amines is 1. The number of aryl methyl sites for hydroxylation is 1. The smallest absolute Gasteiger partial charge is 0.220 e. The van der Waals surface area contributed by atoms with Crippen LogP contribution in [0.1, 0.15) is 12.0 Å². The van der Waals surface area contributed by atoms with E-state index in [-0.39, 0.29) is 0 Å². The van der Waals surface area contributed by atoms with Crippen LogP contribution in [0.2, 0.25) is 0 Å². The van der Waals surface area contributed by atoms with Crippen LogP contribution < -0.4 is 19.1 Å². The number of ether oxygens (including phenoxy) is 3. The molecule has 1 aliphatic heterocycles. The Morgan fingerprint density at radius 2 is 1.59 bits per heavy atom. The van der Waals surface area contributed by atoms with Gasteiger partial charge in [0.15, 0.2) is 5.16 Å². The highest BCUT2D eigenvalue weighted by Crippen LogP contribution is 2.30. The number of benzene rings is 2. The Bertz CT molecular complexity index is 1300. The van der Waals surface area contributed by atoms with Crippen LogP contribution in [0.15, 0.2) is 64.8 Å². The number of hydrogen-bond acceptors (Lipinski definition) is 8. The van der Waals surface area contributed by atoms with Gasteiger partial charge in [-0.25, -0.2) is 0 Å². The number of anilines is 1.